The van der Waals surface area contributed by atoms with E-state index in [0.29, 0.717) is 18.4 Å². The minimum Gasteiger partial charge on any atom is -0.464 e. The van der Waals surface area contributed by atoms with Crippen LogP contribution in [-0.2, 0) is 28.6 Å². The molecule has 2 N–H and O–H groups in total. The van der Waals surface area contributed by atoms with Crippen molar-refractivity contribution in [3.63, 3.8) is 0 Å². The van der Waals surface area contributed by atoms with Crippen LogP contribution in [0.15, 0.2) is 41.4 Å². The molecule has 2 aromatic rings. The molecular weight excluding hydrogens is 564 g/mol. The molecule has 0 aliphatic carbocycles. The van der Waals surface area contributed by atoms with Crippen LogP contribution in [0.2, 0.25) is 0 Å². The molecule has 1 amide bonds. The monoisotopic (exact) mass is 614 g/mol. The second-order valence-electron chi connectivity index (χ2n) is 10.9. The molecule has 0 bridgehead atoms. The zero-order valence-electron chi connectivity index (χ0n) is 27.9. The van der Waals surface area contributed by atoms with Gasteiger partial charge in [-0.25, -0.2) is 19.2 Å². The van der Waals surface area contributed by atoms with Crippen LogP contribution in [-0.4, -0.2) is 55.6 Å². The zero-order valence-corrected chi connectivity index (χ0v) is 27.9. The quantitative estimate of drug-likeness (QED) is 0.115. The van der Waals surface area contributed by atoms with Gasteiger partial charge in [0, 0.05) is 0 Å². The Balaban J connectivity index is 0.000000722. The van der Waals surface area contributed by atoms with Gasteiger partial charge < -0.3 is 19.3 Å². The van der Waals surface area contributed by atoms with Crippen LogP contribution in [0.4, 0.5) is 16.2 Å². The van der Waals surface area contributed by atoms with Gasteiger partial charge in [0.2, 0.25) is 6.08 Å². The number of esters is 2. The van der Waals surface area contributed by atoms with Crippen LogP contribution >= 0.6 is 0 Å². The van der Waals surface area contributed by atoms with E-state index in [-0.39, 0.29) is 25.0 Å². The Morgan fingerprint density at radius 1 is 0.727 bits per heavy atom. The number of anilines is 1. The number of benzene rings is 2. The minimum absolute atomic E-state index is 0.261. The van der Waals surface area contributed by atoms with Gasteiger partial charge in [-0.3, -0.25) is 5.32 Å². The van der Waals surface area contributed by atoms with Crippen LogP contribution in [0.5, 0.6) is 0 Å². The first-order chi connectivity index (χ1) is 20.7. The molecule has 0 heterocycles. The van der Waals surface area contributed by atoms with Crippen molar-refractivity contribution in [3.05, 3.63) is 58.7 Å². The van der Waals surface area contributed by atoms with Crippen molar-refractivity contribution in [1.29, 1.82) is 0 Å². The number of hydrogen-bond acceptors (Lipinski definition) is 9. The number of isocyanates is 1. The standard InChI is InChI=1S/C17H25NO4.C13H17NO.C4H8O3/c1-6-21-15(19)10-22-17(20)18-16-13(11(2)3)8-7-9-14(16)12(4)5;1-9(2)11-6-5-7-12(10(3)4)13(11)14-8-15;1-2-7-4(6)3-5/h7-9,11-12H,6,10H2,1-5H3,(H,18,20);5-7,9-10H,1-4H3;5H,2-3H2,1H3. The topological polar surface area (TPSA) is 141 Å². The number of nitrogens with one attached hydrogen (secondary N) is 1. The molecule has 0 spiro atoms. The molecule has 10 nitrogen and oxygen atoms in total. The number of nitrogens with zero attached hydrogens (tertiary/aromatic N) is 1. The highest BCUT2D eigenvalue weighted by atomic mass is 16.6. The maximum Gasteiger partial charge on any atom is 0.412 e. The van der Waals surface area contributed by atoms with Crippen molar-refractivity contribution < 1.29 is 38.5 Å². The van der Waals surface area contributed by atoms with Gasteiger partial charge in [-0.15, -0.1) is 0 Å². The van der Waals surface area contributed by atoms with E-state index in [0.717, 1.165) is 33.6 Å². The van der Waals surface area contributed by atoms with E-state index in [1.807, 2.05) is 36.4 Å². The third kappa shape index (κ3) is 14.4. The molecule has 0 saturated heterocycles. The van der Waals surface area contributed by atoms with Gasteiger partial charge in [0.05, 0.1) is 24.6 Å². The average molecular weight is 615 g/mol. The van der Waals surface area contributed by atoms with Gasteiger partial charge in [0.1, 0.15) is 6.61 Å². The van der Waals surface area contributed by atoms with E-state index >= 15 is 0 Å². The second-order valence-corrected chi connectivity index (χ2v) is 10.9. The summed E-state index contributed by atoms with van der Waals surface area (Å²) in [4.78, 5) is 47.4. The Bertz CT molecular complexity index is 1180. The maximum absolute atomic E-state index is 11.9. The molecule has 2 aromatic carbocycles. The summed E-state index contributed by atoms with van der Waals surface area (Å²) in [7, 11) is 0. The first-order valence-electron chi connectivity index (χ1n) is 14.9. The Morgan fingerprint density at radius 2 is 1.14 bits per heavy atom. The van der Waals surface area contributed by atoms with E-state index in [4.69, 9.17) is 14.6 Å². The molecular formula is C34H50N2O8. The summed E-state index contributed by atoms with van der Waals surface area (Å²) in [5.41, 5.74) is 5.88. The molecule has 0 unspecified atom stereocenters. The number of ether oxygens (including phenoxy) is 3. The van der Waals surface area contributed by atoms with Gasteiger partial charge >= 0.3 is 18.0 Å². The van der Waals surface area contributed by atoms with Crippen molar-refractivity contribution in [2.24, 2.45) is 4.99 Å². The molecule has 0 aliphatic rings. The lowest BCUT2D eigenvalue weighted by molar-refractivity contribution is -0.147. The van der Waals surface area contributed by atoms with E-state index in [9.17, 15) is 19.2 Å². The van der Waals surface area contributed by atoms with E-state index < -0.39 is 24.6 Å². The number of carbonyl (C=O) groups is 3. The number of para-hydroxylation sites is 2. The van der Waals surface area contributed by atoms with Crippen LogP contribution in [0, 0.1) is 0 Å². The molecule has 0 fully saturated rings. The highest BCUT2D eigenvalue weighted by Crippen LogP contribution is 2.34. The normalized spacial score (nSPS) is 10.2. The second kappa shape index (κ2) is 21.6. The van der Waals surface area contributed by atoms with Gasteiger partial charge in [-0.05, 0) is 59.8 Å². The lowest BCUT2D eigenvalue weighted by Crippen LogP contribution is -2.21. The summed E-state index contributed by atoms with van der Waals surface area (Å²) >= 11 is 0. The number of rotatable bonds is 11. The number of aliphatic hydroxyl groups is 1. The predicted molar refractivity (Wildman–Crippen MR) is 172 cm³/mol. The van der Waals surface area contributed by atoms with Gasteiger partial charge in [-0.2, -0.15) is 4.99 Å². The molecule has 0 saturated carbocycles. The van der Waals surface area contributed by atoms with E-state index in [1.54, 1.807) is 19.9 Å². The summed E-state index contributed by atoms with van der Waals surface area (Å²) in [6, 6.07) is 12.0. The maximum atomic E-state index is 11.9. The summed E-state index contributed by atoms with van der Waals surface area (Å²) < 4.78 is 13.9. The van der Waals surface area contributed by atoms with Crippen molar-refractivity contribution in [1.82, 2.24) is 0 Å². The Hall–Kier alpha value is -4.01. The number of amides is 1. The van der Waals surface area contributed by atoms with Crippen LogP contribution in [0.25, 0.3) is 0 Å². The molecule has 2 rings (SSSR count). The van der Waals surface area contributed by atoms with Crippen LogP contribution < -0.4 is 5.32 Å². The molecule has 244 valence electrons. The summed E-state index contributed by atoms with van der Waals surface area (Å²) in [6.45, 7) is 19.7. The summed E-state index contributed by atoms with van der Waals surface area (Å²) in [6.07, 6.45) is 1.000. The smallest absolute Gasteiger partial charge is 0.412 e. The largest absolute Gasteiger partial charge is 0.464 e. The first-order valence-corrected chi connectivity index (χ1v) is 14.9. The number of aliphatic hydroxyl groups excluding tert-OH is 1. The molecule has 44 heavy (non-hydrogen) atoms. The number of carbonyl (C=O) groups excluding carboxylic acids is 4. The number of hydrogen-bond donors (Lipinski definition) is 2. The third-order valence-electron chi connectivity index (χ3n) is 6.16. The van der Waals surface area contributed by atoms with E-state index in [1.165, 1.54) is 0 Å². The Morgan fingerprint density at radius 3 is 1.48 bits per heavy atom. The van der Waals surface area contributed by atoms with Crippen molar-refractivity contribution in [2.75, 3.05) is 31.7 Å². The van der Waals surface area contributed by atoms with Gasteiger partial charge in [0.25, 0.3) is 0 Å². The minimum atomic E-state index is -0.650. The lowest BCUT2D eigenvalue weighted by Gasteiger charge is -2.19. The fourth-order valence-electron chi connectivity index (χ4n) is 4.05. The summed E-state index contributed by atoms with van der Waals surface area (Å²) in [5, 5.41) is 10.8. The molecule has 0 aliphatic heterocycles. The molecule has 10 heteroatoms. The third-order valence-corrected chi connectivity index (χ3v) is 6.16. The first kappa shape index (κ1) is 40.0. The van der Waals surface area contributed by atoms with Gasteiger partial charge in [0.15, 0.2) is 6.61 Å². The SMILES string of the molecule is CC(C)c1cccc(C(C)C)c1N=C=O.CCOC(=O)CO.CCOC(=O)COC(=O)Nc1c(C(C)C)cccc1C(C)C. The fraction of sp³-hybridized carbons (Fsp3) is 0.529. The molecule has 0 aromatic heterocycles. The van der Waals surface area contributed by atoms with Crippen molar-refractivity contribution in [2.45, 2.75) is 92.9 Å². The van der Waals surface area contributed by atoms with Crippen LogP contribution in [0.3, 0.4) is 0 Å². The summed E-state index contributed by atoms with van der Waals surface area (Å²) in [5.74, 6) is 0.145. The van der Waals surface area contributed by atoms with Gasteiger partial charge in [-0.1, -0.05) is 91.8 Å². The molecule has 0 radical (unpaired) electrons. The Labute approximate surface area is 262 Å². The predicted octanol–water partition coefficient (Wildman–Crippen LogP) is 7.49. The zero-order chi connectivity index (χ0) is 33.8. The fourth-order valence-corrected chi connectivity index (χ4v) is 4.05. The van der Waals surface area contributed by atoms with Crippen molar-refractivity contribution >= 4 is 35.5 Å². The van der Waals surface area contributed by atoms with Crippen LogP contribution in [0.1, 0.15) is 115 Å². The van der Waals surface area contributed by atoms with Crippen molar-refractivity contribution in [3.8, 4) is 0 Å². The highest BCUT2D eigenvalue weighted by Gasteiger charge is 2.17. The average Bonchev–Trinajstić information content (AvgIpc) is 2.97. The Kier molecular flexibility index (Phi) is 19.7. The lowest BCUT2D eigenvalue weighted by atomic mass is 9.93. The van der Waals surface area contributed by atoms with E-state index in [2.05, 4.69) is 70.4 Å². The highest BCUT2D eigenvalue weighted by molar-refractivity contribution is 5.88. The molecule has 0 atom stereocenters. The number of aliphatic imine (C=N–C) groups is 1.